The largest absolute Gasteiger partial charge is 0.376 e. The number of hydrogen-bond donors (Lipinski definition) is 1. The van der Waals surface area contributed by atoms with Crippen LogP contribution in [0.5, 0.6) is 0 Å². The van der Waals surface area contributed by atoms with Gasteiger partial charge in [0.2, 0.25) is 0 Å². The van der Waals surface area contributed by atoms with E-state index in [-0.39, 0.29) is 10.6 Å². The number of anilines is 1. The van der Waals surface area contributed by atoms with E-state index in [9.17, 15) is 10.1 Å². The zero-order chi connectivity index (χ0) is 14.8. The highest BCUT2D eigenvalue weighted by atomic mass is 79.9. The summed E-state index contributed by atoms with van der Waals surface area (Å²) in [5.41, 5.74) is 1.41. The minimum absolute atomic E-state index is 0.0474. The van der Waals surface area contributed by atoms with E-state index in [1.165, 1.54) is 25.5 Å². The summed E-state index contributed by atoms with van der Waals surface area (Å²) in [6.07, 6.45) is 7.09. The van der Waals surface area contributed by atoms with Gasteiger partial charge in [0.05, 0.1) is 10.4 Å². The number of halogens is 1. The van der Waals surface area contributed by atoms with Crippen LogP contribution >= 0.6 is 15.9 Å². The molecule has 5 nitrogen and oxygen atoms in total. The Morgan fingerprint density at radius 1 is 1.29 bits per heavy atom. The third-order valence-electron chi connectivity index (χ3n) is 3.96. The number of benzene rings is 1. The van der Waals surface area contributed by atoms with Gasteiger partial charge in [-0.1, -0.05) is 35.2 Å². The molecule has 110 valence electrons. The fraction of sp³-hybridized carbons (Fsp3) is 0.400. The van der Waals surface area contributed by atoms with Gasteiger partial charge in [-0.15, -0.1) is 0 Å². The summed E-state index contributed by atoms with van der Waals surface area (Å²) in [4.78, 5) is 15.1. The molecule has 1 aromatic carbocycles. The summed E-state index contributed by atoms with van der Waals surface area (Å²) in [5.74, 6) is 0. The van der Waals surface area contributed by atoms with Crippen LogP contribution in [0.4, 0.5) is 11.4 Å². The standard InChI is InChI=1S/C15H16BrN3O2/c16-10-6-7-13-12(8-10)15(14(9-17-13)19(20)21)18-11-4-2-1-3-5-11/h6-9,11H,1-5H2,(H,17,18). The summed E-state index contributed by atoms with van der Waals surface area (Å²) >= 11 is 3.43. The molecule has 0 saturated heterocycles. The maximum Gasteiger partial charge on any atom is 0.311 e. The Morgan fingerprint density at radius 2 is 2.05 bits per heavy atom. The molecule has 0 atom stereocenters. The van der Waals surface area contributed by atoms with Crippen LogP contribution in [0.2, 0.25) is 0 Å². The molecular weight excluding hydrogens is 334 g/mol. The molecule has 2 aromatic rings. The molecule has 6 heteroatoms. The Morgan fingerprint density at radius 3 is 2.76 bits per heavy atom. The summed E-state index contributed by atoms with van der Waals surface area (Å²) in [7, 11) is 0. The highest BCUT2D eigenvalue weighted by molar-refractivity contribution is 9.10. The molecule has 1 aliphatic rings. The molecule has 1 fully saturated rings. The average Bonchev–Trinajstić information content (AvgIpc) is 2.48. The van der Waals surface area contributed by atoms with Crippen LogP contribution < -0.4 is 5.32 Å². The number of aromatic nitrogens is 1. The van der Waals surface area contributed by atoms with Crippen LogP contribution in [0.3, 0.4) is 0 Å². The van der Waals surface area contributed by atoms with Gasteiger partial charge in [-0.3, -0.25) is 10.1 Å². The fourth-order valence-electron chi connectivity index (χ4n) is 2.90. The Labute approximate surface area is 131 Å². The van der Waals surface area contributed by atoms with Gasteiger partial charge < -0.3 is 5.32 Å². The van der Waals surface area contributed by atoms with Crippen molar-refractivity contribution in [3.05, 3.63) is 39.0 Å². The van der Waals surface area contributed by atoms with Crippen molar-refractivity contribution in [2.75, 3.05) is 5.32 Å². The molecule has 1 saturated carbocycles. The molecule has 0 unspecified atom stereocenters. The Balaban J connectivity index is 2.08. The predicted molar refractivity (Wildman–Crippen MR) is 86.6 cm³/mol. The lowest BCUT2D eigenvalue weighted by molar-refractivity contribution is -0.384. The Hall–Kier alpha value is -1.69. The first-order valence-corrected chi connectivity index (χ1v) is 7.93. The molecule has 21 heavy (non-hydrogen) atoms. The monoisotopic (exact) mass is 349 g/mol. The number of nitrogens with zero attached hydrogens (tertiary/aromatic N) is 2. The van der Waals surface area contributed by atoms with E-state index in [0.29, 0.717) is 11.7 Å². The van der Waals surface area contributed by atoms with Gasteiger partial charge in [0.15, 0.2) is 0 Å². The summed E-state index contributed by atoms with van der Waals surface area (Å²) < 4.78 is 0.893. The van der Waals surface area contributed by atoms with Crippen LogP contribution in [-0.4, -0.2) is 15.9 Å². The van der Waals surface area contributed by atoms with Crippen molar-refractivity contribution in [1.29, 1.82) is 0 Å². The smallest absolute Gasteiger partial charge is 0.311 e. The first-order valence-electron chi connectivity index (χ1n) is 7.14. The van der Waals surface area contributed by atoms with Gasteiger partial charge in [0.25, 0.3) is 0 Å². The van der Waals surface area contributed by atoms with Crippen molar-refractivity contribution < 1.29 is 4.92 Å². The average molecular weight is 350 g/mol. The fourth-order valence-corrected chi connectivity index (χ4v) is 3.26. The second-order valence-electron chi connectivity index (χ2n) is 5.42. The van der Waals surface area contributed by atoms with Crippen LogP contribution in [0.15, 0.2) is 28.9 Å². The van der Waals surface area contributed by atoms with Gasteiger partial charge >= 0.3 is 5.69 Å². The minimum atomic E-state index is -0.363. The quantitative estimate of drug-likeness (QED) is 0.646. The first kappa shape index (κ1) is 14.3. The number of rotatable bonds is 3. The number of hydrogen-bond acceptors (Lipinski definition) is 4. The lowest BCUT2D eigenvalue weighted by atomic mass is 9.95. The maximum atomic E-state index is 11.3. The lowest BCUT2D eigenvalue weighted by Crippen LogP contribution is -2.23. The number of nitro groups is 1. The SMILES string of the molecule is O=[N+]([O-])c1cnc2ccc(Br)cc2c1NC1CCCCC1. The molecule has 0 spiro atoms. The van der Waals surface area contributed by atoms with E-state index >= 15 is 0 Å². The van der Waals surface area contributed by atoms with E-state index in [1.54, 1.807) is 0 Å². The molecule has 1 N–H and O–H groups in total. The van der Waals surface area contributed by atoms with E-state index in [0.717, 1.165) is 28.2 Å². The van der Waals surface area contributed by atoms with Crippen molar-refractivity contribution >= 4 is 38.2 Å². The molecule has 0 bridgehead atoms. The van der Waals surface area contributed by atoms with E-state index in [2.05, 4.69) is 26.2 Å². The number of nitrogens with one attached hydrogen (secondary N) is 1. The Kier molecular flexibility index (Phi) is 4.05. The van der Waals surface area contributed by atoms with Crippen LogP contribution in [-0.2, 0) is 0 Å². The Bertz CT molecular complexity index is 684. The molecule has 0 aliphatic heterocycles. The molecule has 1 aromatic heterocycles. The molecule has 1 heterocycles. The number of fused-ring (bicyclic) bond motifs is 1. The summed E-state index contributed by atoms with van der Waals surface area (Å²) in [6, 6.07) is 5.96. The maximum absolute atomic E-state index is 11.3. The zero-order valence-corrected chi connectivity index (χ0v) is 13.1. The van der Waals surface area contributed by atoms with Gasteiger partial charge in [0, 0.05) is 15.9 Å². The van der Waals surface area contributed by atoms with E-state index in [1.807, 2.05) is 18.2 Å². The lowest BCUT2D eigenvalue weighted by Gasteiger charge is -2.24. The molecule has 0 amide bonds. The van der Waals surface area contributed by atoms with Gasteiger partial charge in [-0.25, -0.2) is 4.98 Å². The third kappa shape index (κ3) is 3.00. The van der Waals surface area contributed by atoms with Gasteiger partial charge in [-0.05, 0) is 31.0 Å². The molecule has 3 rings (SSSR count). The van der Waals surface area contributed by atoms with Crippen LogP contribution in [0.25, 0.3) is 10.9 Å². The zero-order valence-electron chi connectivity index (χ0n) is 11.5. The predicted octanol–water partition coefficient (Wildman–Crippen LogP) is 4.65. The molecule has 1 aliphatic carbocycles. The highest BCUT2D eigenvalue weighted by Crippen LogP contribution is 2.35. The topological polar surface area (TPSA) is 68.1 Å². The summed E-state index contributed by atoms with van der Waals surface area (Å²) in [5, 5.41) is 15.5. The van der Waals surface area contributed by atoms with Crippen LogP contribution in [0, 0.1) is 10.1 Å². The third-order valence-corrected chi connectivity index (χ3v) is 4.45. The van der Waals surface area contributed by atoms with Crippen molar-refractivity contribution in [3.8, 4) is 0 Å². The van der Waals surface area contributed by atoms with Crippen molar-refractivity contribution in [1.82, 2.24) is 4.98 Å². The van der Waals surface area contributed by atoms with Gasteiger partial charge in [0.1, 0.15) is 11.9 Å². The molecule has 0 radical (unpaired) electrons. The second kappa shape index (κ2) is 5.97. The number of pyridine rings is 1. The highest BCUT2D eigenvalue weighted by Gasteiger charge is 2.22. The van der Waals surface area contributed by atoms with Gasteiger partial charge in [-0.2, -0.15) is 0 Å². The first-order chi connectivity index (χ1) is 10.1. The summed E-state index contributed by atoms with van der Waals surface area (Å²) in [6.45, 7) is 0. The van der Waals surface area contributed by atoms with Crippen LogP contribution in [0.1, 0.15) is 32.1 Å². The van der Waals surface area contributed by atoms with Crippen molar-refractivity contribution in [2.24, 2.45) is 0 Å². The van der Waals surface area contributed by atoms with Crippen molar-refractivity contribution in [3.63, 3.8) is 0 Å². The minimum Gasteiger partial charge on any atom is -0.376 e. The van der Waals surface area contributed by atoms with E-state index in [4.69, 9.17) is 0 Å². The molecular formula is C15H16BrN3O2. The van der Waals surface area contributed by atoms with Crippen molar-refractivity contribution in [2.45, 2.75) is 38.1 Å². The van der Waals surface area contributed by atoms with E-state index < -0.39 is 0 Å². The second-order valence-corrected chi connectivity index (χ2v) is 6.33. The normalized spacial score (nSPS) is 16.0.